The number of aromatic carboxylic acids is 1. The van der Waals surface area contributed by atoms with Crippen LogP contribution in [0.15, 0.2) is 4.90 Å². The highest BCUT2D eigenvalue weighted by molar-refractivity contribution is 7.89. The number of nitrogens with one attached hydrogen (secondary N) is 2. The molecule has 21 heavy (non-hydrogen) atoms. The maximum atomic E-state index is 12.5. The largest absolute Gasteiger partial charge is 0.477 e. The minimum atomic E-state index is -3.70. The van der Waals surface area contributed by atoms with Crippen LogP contribution >= 0.6 is 0 Å². The molecule has 0 bridgehead atoms. The van der Waals surface area contributed by atoms with Gasteiger partial charge < -0.3 is 10.1 Å². The van der Waals surface area contributed by atoms with Crippen molar-refractivity contribution in [1.29, 1.82) is 0 Å². The first kappa shape index (κ1) is 16.0. The van der Waals surface area contributed by atoms with Gasteiger partial charge in [0.15, 0.2) is 0 Å². The van der Waals surface area contributed by atoms with E-state index >= 15 is 0 Å². The number of hydrogen-bond acceptors (Lipinski definition) is 3. The maximum absolute atomic E-state index is 12.5. The van der Waals surface area contributed by atoms with Crippen molar-refractivity contribution in [3.8, 4) is 0 Å². The molecule has 0 unspecified atom stereocenters. The van der Waals surface area contributed by atoms with E-state index in [-0.39, 0.29) is 22.2 Å². The number of aromatic nitrogens is 1. The van der Waals surface area contributed by atoms with E-state index in [0.717, 1.165) is 25.7 Å². The Morgan fingerprint density at radius 3 is 2.29 bits per heavy atom. The third-order valence-corrected chi connectivity index (χ3v) is 5.98. The number of aromatic amines is 1. The zero-order valence-corrected chi connectivity index (χ0v) is 13.4. The molecule has 1 heterocycles. The molecule has 3 N–H and O–H groups in total. The third kappa shape index (κ3) is 3.29. The molecular formula is C14H22N2O4S. The normalized spacial score (nSPS) is 23.2. The summed E-state index contributed by atoms with van der Waals surface area (Å²) in [6, 6.07) is -0.0619. The summed E-state index contributed by atoms with van der Waals surface area (Å²) in [5, 5.41) is 9.07. The summed E-state index contributed by atoms with van der Waals surface area (Å²) < 4.78 is 27.8. The second kappa shape index (κ2) is 5.81. The number of carboxylic acid groups (broad SMARTS) is 1. The summed E-state index contributed by atoms with van der Waals surface area (Å²) in [5.74, 6) is -0.511. The third-order valence-electron chi connectivity index (χ3n) is 4.19. The van der Waals surface area contributed by atoms with E-state index < -0.39 is 16.0 Å². The summed E-state index contributed by atoms with van der Waals surface area (Å²) in [6.45, 7) is 5.27. The Morgan fingerprint density at radius 2 is 1.81 bits per heavy atom. The fourth-order valence-corrected chi connectivity index (χ4v) is 4.76. The Labute approximate surface area is 125 Å². The molecule has 1 saturated carbocycles. The van der Waals surface area contributed by atoms with Crippen LogP contribution in [-0.2, 0) is 10.0 Å². The molecule has 7 heteroatoms. The second-order valence-electron chi connectivity index (χ2n) is 5.96. The lowest BCUT2D eigenvalue weighted by molar-refractivity contribution is 0.0690. The molecule has 0 amide bonds. The number of rotatable bonds is 4. The van der Waals surface area contributed by atoms with Crippen molar-refractivity contribution in [2.45, 2.75) is 57.4 Å². The van der Waals surface area contributed by atoms with E-state index in [1.807, 2.05) is 0 Å². The van der Waals surface area contributed by atoms with Crippen LogP contribution in [-0.4, -0.2) is 30.5 Å². The van der Waals surface area contributed by atoms with Gasteiger partial charge in [-0.3, -0.25) is 0 Å². The molecule has 1 fully saturated rings. The van der Waals surface area contributed by atoms with Gasteiger partial charge in [0.2, 0.25) is 10.0 Å². The van der Waals surface area contributed by atoms with Gasteiger partial charge in [0.1, 0.15) is 10.6 Å². The van der Waals surface area contributed by atoms with Gasteiger partial charge in [0.25, 0.3) is 0 Å². The lowest BCUT2D eigenvalue weighted by Gasteiger charge is -2.26. The molecule has 6 nitrogen and oxygen atoms in total. The molecule has 0 aliphatic heterocycles. The summed E-state index contributed by atoms with van der Waals surface area (Å²) in [5.41, 5.74) is 0.559. The molecule has 1 aliphatic rings. The Kier molecular flexibility index (Phi) is 4.43. The second-order valence-corrected chi connectivity index (χ2v) is 7.61. The van der Waals surface area contributed by atoms with Gasteiger partial charge in [-0.2, -0.15) is 0 Å². The number of aryl methyl sites for hydroxylation is 1. The Balaban J connectivity index is 2.26. The van der Waals surface area contributed by atoms with Crippen LogP contribution in [0, 0.1) is 19.8 Å². The minimum Gasteiger partial charge on any atom is -0.477 e. The van der Waals surface area contributed by atoms with Crippen molar-refractivity contribution >= 4 is 16.0 Å². The number of H-pyrrole nitrogens is 1. The van der Waals surface area contributed by atoms with Crippen LogP contribution in [0.3, 0.4) is 0 Å². The molecule has 0 aromatic carbocycles. The van der Waals surface area contributed by atoms with E-state index in [2.05, 4.69) is 16.6 Å². The fourth-order valence-electron chi connectivity index (χ4n) is 3.01. The highest BCUT2D eigenvalue weighted by Crippen LogP contribution is 2.27. The lowest BCUT2D eigenvalue weighted by atomic mass is 9.88. The van der Waals surface area contributed by atoms with Crippen LogP contribution in [0.5, 0.6) is 0 Å². The SMILES string of the molecule is Cc1[nH]c(C(=O)O)c(C)c1S(=O)(=O)NC1CCC(C)CC1. The van der Waals surface area contributed by atoms with E-state index in [4.69, 9.17) is 5.11 Å². The number of carboxylic acids is 1. The maximum Gasteiger partial charge on any atom is 0.352 e. The summed E-state index contributed by atoms with van der Waals surface area (Å²) >= 11 is 0. The summed E-state index contributed by atoms with van der Waals surface area (Å²) in [4.78, 5) is 13.8. The smallest absolute Gasteiger partial charge is 0.352 e. The first-order valence-electron chi connectivity index (χ1n) is 7.17. The molecule has 118 valence electrons. The van der Waals surface area contributed by atoms with Crippen LogP contribution in [0.4, 0.5) is 0 Å². The molecule has 1 aromatic heterocycles. The van der Waals surface area contributed by atoms with Crippen molar-refractivity contribution in [2.24, 2.45) is 5.92 Å². The number of sulfonamides is 1. The van der Waals surface area contributed by atoms with Gasteiger partial charge in [-0.1, -0.05) is 6.92 Å². The van der Waals surface area contributed by atoms with Crippen molar-refractivity contribution < 1.29 is 18.3 Å². The zero-order valence-electron chi connectivity index (χ0n) is 12.6. The van der Waals surface area contributed by atoms with Crippen LogP contribution in [0.25, 0.3) is 0 Å². The van der Waals surface area contributed by atoms with E-state index in [1.54, 1.807) is 6.92 Å². The highest BCUT2D eigenvalue weighted by atomic mass is 32.2. The first-order chi connectivity index (χ1) is 9.72. The van der Waals surface area contributed by atoms with Gasteiger partial charge >= 0.3 is 5.97 Å². The average Bonchev–Trinajstić information content (AvgIpc) is 2.68. The van der Waals surface area contributed by atoms with Gasteiger partial charge in [0, 0.05) is 17.3 Å². The average molecular weight is 314 g/mol. The molecule has 1 aliphatic carbocycles. The minimum absolute atomic E-state index is 0.0619. The van der Waals surface area contributed by atoms with Crippen molar-refractivity contribution in [1.82, 2.24) is 9.71 Å². The summed E-state index contributed by atoms with van der Waals surface area (Å²) in [7, 11) is -3.70. The quantitative estimate of drug-likeness (QED) is 0.793. The molecule has 0 radical (unpaired) electrons. The zero-order chi connectivity index (χ0) is 15.8. The molecular weight excluding hydrogens is 292 g/mol. The van der Waals surface area contributed by atoms with E-state index in [0.29, 0.717) is 11.6 Å². The lowest BCUT2D eigenvalue weighted by Crippen LogP contribution is -2.37. The predicted molar refractivity (Wildman–Crippen MR) is 79.0 cm³/mol. The van der Waals surface area contributed by atoms with Crippen LogP contribution in [0.1, 0.15) is 54.4 Å². The van der Waals surface area contributed by atoms with Crippen LogP contribution < -0.4 is 4.72 Å². The Morgan fingerprint density at radius 1 is 1.24 bits per heavy atom. The molecule has 0 spiro atoms. The van der Waals surface area contributed by atoms with Gasteiger partial charge in [0.05, 0.1) is 0 Å². The summed E-state index contributed by atoms with van der Waals surface area (Å²) in [6.07, 6.45) is 3.68. The Hall–Kier alpha value is -1.34. The topological polar surface area (TPSA) is 99.3 Å². The number of carbonyl (C=O) groups is 1. The van der Waals surface area contributed by atoms with Gasteiger partial charge in [-0.15, -0.1) is 0 Å². The van der Waals surface area contributed by atoms with Crippen molar-refractivity contribution in [2.75, 3.05) is 0 Å². The monoisotopic (exact) mass is 314 g/mol. The standard InChI is InChI=1S/C14H22N2O4S/c1-8-4-6-11(7-5-8)16-21(19,20)13-9(2)12(14(17)18)15-10(13)3/h8,11,15-16H,4-7H2,1-3H3,(H,17,18). The van der Waals surface area contributed by atoms with E-state index in [1.165, 1.54) is 6.92 Å². The fraction of sp³-hybridized carbons (Fsp3) is 0.643. The first-order valence-corrected chi connectivity index (χ1v) is 8.65. The Bertz CT molecular complexity index is 640. The number of hydrogen-bond donors (Lipinski definition) is 3. The van der Waals surface area contributed by atoms with Crippen molar-refractivity contribution in [3.63, 3.8) is 0 Å². The van der Waals surface area contributed by atoms with Crippen molar-refractivity contribution in [3.05, 3.63) is 17.0 Å². The molecule has 0 atom stereocenters. The van der Waals surface area contributed by atoms with Gasteiger partial charge in [-0.25, -0.2) is 17.9 Å². The predicted octanol–water partition coefficient (Wildman–Crippen LogP) is 2.19. The van der Waals surface area contributed by atoms with Gasteiger partial charge in [-0.05, 0) is 45.4 Å². The van der Waals surface area contributed by atoms with E-state index in [9.17, 15) is 13.2 Å². The molecule has 2 rings (SSSR count). The molecule has 0 saturated heterocycles. The molecule has 1 aromatic rings. The van der Waals surface area contributed by atoms with Crippen LogP contribution in [0.2, 0.25) is 0 Å². The highest BCUT2D eigenvalue weighted by Gasteiger charge is 2.29.